The van der Waals surface area contributed by atoms with Gasteiger partial charge in [0.05, 0.1) is 19.7 Å². The summed E-state index contributed by atoms with van der Waals surface area (Å²) in [6.07, 6.45) is 4.44. The molecule has 1 saturated carbocycles. The number of hydrogen-bond acceptors (Lipinski definition) is 4. The van der Waals surface area contributed by atoms with Crippen LogP contribution in [-0.4, -0.2) is 38.3 Å². The van der Waals surface area contributed by atoms with Crippen molar-refractivity contribution in [3.63, 3.8) is 0 Å². The number of ether oxygens (including phenoxy) is 1. The fraction of sp³-hybridized carbons (Fsp3) is 0.345. The Bertz CT molecular complexity index is 1220. The monoisotopic (exact) mass is 506 g/mol. The van der Waals surface area contributed by atoms with Gasteiger partial charge in [0.25, 0.3) is 0 Å². The number of rotatable bonds is 9. The molecule has 0 aromatic heterocycles. The largest absolute Gasteiger partial charge is 0.495 e. The predicted octanol–water partition coefficient (Wildman–Crippen LogP) is 5.23. The summed E-state index contributed by atoms with van der Waals surface area (Å²) in [5.74, 6) is -0.0539. The first kappa shape index (κ1) is 25.9. The van der Waals surface area contributed by atoms with Crippen LogP contribution in [0.25, 0.3) is 0 Å². The summed E-state index contributed by atoms with van der Waals surface area (Å²) >= 11 is 0. The highest BCUT2D eigenvalue weighted by Crippen LogP contribution is 2.33. The van der Waals surface area contributed by atoms with E-state index in [1.807, 2.05) is 73.7 Å². The molecule has 0 saturated heterocycles. The van der Waals surface area contributed by atoms with Gasteiger partial charge in [-0.1, -0.05) is 86.0 Å². The van der Waals surface area contributed by atoms with Gasteiger partial charge in [0.15, 0.2) is 0 Å². The molecule has 1 aliphatic carbocycles. The van der Waals surface area contributed by atoms with Gasteiger partial charge in [-0.2, -0.15) is 4.31 Å². The molecule has 0 bridgehead atoms. The molecule has 3 aromatic carbocycles. The van der Waals surface area contributed by atoms with E-state index in [1.54, 1.807) is 12.1 Å². The van der Waals surface area contributed by atoms with Gasteiger partial charge in [0, 0.05) is 6.04 Å². The van der Waals surface area contributed by atoms with Crippen molar-refractivity contribution in [1.29, 1.82) is 0 Å². The van der Waals surface area contributed by atoms with E-state index in [-0.39, 0.29) is 35.2 Å². The number of hydrogen-bond donors (Lipinski definition) is 1. The quantitative estimate of drug-likeness (QED) is 0.431. The van der Waals surface area contributed by atoms with Crippen molar-refractivity contribution in [2.45, 2.75) is 56.0 Å². The standard InChI is InChI=1S/C29H34N2O4S/c1-22-18-19-26(35-2)27(20-22)36(33,34)31(25-16-10-5-11-17-25)21-28(32)30-29(23-12-6-3-7-13-23)24-14-8-4-9-15-24/h3-4,6-9,12-15,18-20,25,29H,5,10-11,16-17,21H2,1-2H3,(H,30,32). The van der Waals surface area contributed by atoms with Crippen LogP contribution >= 0.6 is 0 Å². The molecule has 4 rings (SSSR count). The van der Waals surface area contributed by atoms with Crippen LogP contribution in [0, 0.1) is 6.92 Å². The van der Waals surface area contributed by atoms with Gasteiger partial charge in [-0.3, -0.25) is 4.79 Å². The summed E-state index contributed by atoms with van der Waals surface area (Å²) < 4.78 is 34.8. The molecular formula is C29H34N2O4S. The zero-order chi connectivity index (χ0) is 25.5. The zero-order valence-corrected chi connectivity index (χ0v) is 21.7. The SMILES string of the molecule is COc1ccc(C)cc1S(=O)(=O)N(CC(=O)NC(c1ccccc1)c1ccccc1)C1CCCCC1. The van der Waals surface area contributed by atoms with E-state index in [0.29, 0.717) is 0 Å². The molecule has 0 unspecified atom stereocenters. The number of nitrogens with one attached hydrogen (secondary N) is 1. The Hall–Kier alpha value is -3.16. The number of carbonyl (C=O) groups is 1. The van der Waals surface area contributed by atoms with Gasteiger partial charge in [0.1, 0.15) is 10.6 Å². The van der Waals surface area contributed by atoms with Crippen LogP contribution in [0.5, 0.6) is 5.75 Å². The van der Waals surface area contributed by atoms with Gasteiger partial charge < -0.3 is 10.1 Å². The fourth-order valence-corrected chi connectivity index (χ4v) is 6.77. The van der Waals surface area contributed by atoms with E-state index in [4.69, 9.17) is 4.74 Å². The highest BCUT2D eigenvalue weighted by Gasteiger charge is 2.36. The molecule has 0 spiro atoms. The lowest BCUT2D eigenvalue weighted by atomic mass is 9.95. The second kappa shape index (κ2) is 11.7. The molecule has 0 heterocycles. The Morgan fingerprint density at radius 3 is 2.08 bits per heavy atom. The molecule has 36 heavy (non-hydrogen) atoms. The van der Waals surface area contributed by atoms with Crippen molar-refractivity contribution in [1.82, 2.24) is 9.62 Å². The van der Waals surface area contributed by atoms with E-state index in [1.165, 1.54) is 11.4 Å². The molecule has 7 heteroatoms. The third kappa shape index (κ3) is 5.97. The van der Waals surface area contributed by atoms with E-state index in [9.17, 15) is 13.2 Å². The molecule has 1 amide bonds. The summed E-state index contributed by atoms with van der Waals surface area (Å²) in [5, 5.41) is 3.11. The van der Waals surface area contributed by atoms with Gasteiger partial charge in [-0.15, -0.1) is 0 Å². The van der Waals surface area contributed by atoms with Gasteiger partial charge in [-0.25, -0.2) is 8.42 Å². The third-order valence-corrected chi connectivity index (χ3v) is 8.68. The number of carbonyl (C=O) groups excluding carboxylic acids is 1. The molecule has 1 fully saturated rings. The number of methoxy groups -OCH3 is 1. The fourth-order valence-electron chi connectivity index (χ4n) is 4.89. The maximum Gasteiger partial charge on any atom is 0.247 e. The van der Waals surface area contributed by atoms with Gasteiger partial charge in [0.2, 0.25) is 15.9 Å². The van der Waals surface area contributed by atoms with Crippen molar-refractivity contribution in [2.24, 2.45) is 0 Å². The first-order valence-corrected chi connectivity index (χ1v) is 13.9. The van der Waals surface area contributed by atoms with Crippen LogP contribution in [0.3, 0.4) is 0 Å². The lowest BCUT2D eigenvalue weighted by Gasteiger charge is -2.33. The van der Waals surface area contributed by atoms with Crippen molar-refractivity contribution in [3.05, 3.63) is 95.6 Å². The predicted molar refractivity (Wildman–Crippen MR) is 141 cm³/mol. The summed E-state index contributed by atoms with van der Waals surface area (Å²) in [5.41, 5.74) is 2.68. The van der Waals surface area contributed by atoms with Crippen molar-refractivity contribution in [2.75, 3.05) is 13.7 Å². The molecule has 6 nitrogen and oxygen atoms in total. The van der Waals surface area contributed by atoms with Crippen LogP contribution in [0.2, 0.25) is 0 Å². The summed E-state index contributed by atoms with van der Waals surface area (Å²) in [6, 6.07) is 23.9. The third-order valence-electron chi connectivity index (χ3n) is 6.76. The minimum Gasteiger partial charge on any atom is -0.495 e. The number of amides is 1. The highest BCUT2D eigenvalue weighted by molar-refractivity contribution is 7.89. The van der Waals surface area contributed by atoms with Gasteiger partial charge >= 0.3 is 0 Å². The lowest BCUT2D eigenvalue weighted by Crippen LogP contribution is -2.47. The number of sulfonamides is 1. The van der Waals surface area contributed by atoms with E-state index >= 15 is 0 Å². The van der Waals surface area contributed by atoms with Crippen molar-refractivity contribution >= 4 is 15.9 Å². The molecule has 1 aliphatic rings. The molecule has 0 radical (unpaired) electrons. The minimum atomic E-state index is -3.98. The Kier molecular flexibility index (Phi) is 8.44. The average Bonchev–Trinajstić information content (AvgIpc) is 2.91. The Labute approximate surface area is 214 Å². The van der Waals surface area contributed by atoms with E-state index in [0.717, 1.165) is 48.8 Å². The number of nitrogens with zero attached hydrogens (tertiary/aromatic N) is 1. The molecule has 1 N–H and O–H groups in total. The maximum atomic E-state index is 14.0. The average molecular weight is 507 g/mol. The summed E-state index contributed by atoms with van der Waals surface area (Å²) in [7, 11) is -2.51. The first-order chi connectivity index (χ1) is 17.4. The highest BCUT2D eigenvalue weighted by atomic mass is 32.2. The van der Waals surface area contributed by atoms with E-state index in [2.05, 4.69) is 5.32 Å². The van der Waals surface area contributed by atoms with Crippen LogP contribution in [-0.2, 0) is 14.8 Å². The molecule has 0 atom stereocenters. The van der Waals surface area contributed by atoms with Crippen LogP contribution in [0.1, 0.15) is 54.8 Å². The topological polar surface area (TPSA) is 75.7 Å². The molecule has 190 valence electrons. The smallest absolute Gasteiger partial charge is 0.247 e. The van der Waals surface area contributed by atoms with E-state index < -0.39 is 10.0 Å². The normalized spacial score (nSPS) is 14.7. The number of benzene rings is 3. The van der Waals surface area contributed by atoms with Crippen molar-refractivity contribution in [3.8, 4) is 5.75 Å². The zero-order valence-electron chi connectivity index (χ0n) is 20.9. The maximum absolute atomic E-state index is 14.0. The second-order valence-electron chi connectivity index (χ2n) is 9.32. The summed E-state index contributed by atoms with van der Waals surface area (Å²) in [4.78, 5) is 13.6. The van der Waals surface area contributed by atoms with Gasteiger partial charge in [-0.05, 0) is 48.6 Å². The Morgan fingerprint density at radius 1 is 0.944 bits per heavy atom. The molecule has 0 aliphatic heterocycles. The van der Waals surface area contributed by atoms with Crippen LogP contribution in [0.4, 0.5) is 0 Å². The minimum absolute atomic E-state index is 0.103. The molecular weight excluding hydrogens is 472 g/mol. The summed E-state index contributed by atoms with van der Waals surface area (Å²) in [6.45, 7) is 1.60. The second-order valence-corrected chi connectivity index (χ2v) is 11.2. The first-order valence-electron chi connectivity index (χ1n) is 12.5. The van der Waals surface area contributed by atoms with Crippen LogP contribution < -0.4 is 10.1 Å². The molecule has 3 aromatic rings. The van der Waals surface area contributed by atoms with Crippen molar-refractivity contribution < 1.29 is 17.9 Å². The number of aryl methyl sites for hydroxylation is 1. The Balaban J connectivity index is 1.66. The van der Waals surface area contributed by atoms with Crippen LogP contribution in [0.15, 0.2) is 83.8 Å². The lowest BCUT2D eigenvalue weighted by molar-refractivity contribution is -0.122. The Morgan fingerprint density at radius 2 is 1.53 bits per heavy atom.